The normalized spacial score (nSPS) is 11.1. The largest absolute Gasteiger partial charge is 0.410 e. The fraction of sp³-hybridized carbons (Fsp3) is 0.0667. The molecule has 0 aliphatic heterocycles. The summed E-state index contributed by atoms with van der Waals surface area (Å²) in [6, 6.07) is 7.75. The van der Waals surface area contributed by atoms with Gasteiger partial charge in [0.2, 0.25) is 11.7 Å². The molecule has 0 aliphatic carbocycles. The smallest absolute Gasteiger partial charge is 0.222 e. The first-order chi connectivity index (χ1) is 10.5. The molecule has 6 nitrogen and oxygen atoms in total. The second-order valence-electron chi connectivity index (χ2n) is 4.40. The van der Waals surface area contributed by atoms with Gasteiger partial charge in [-0.1, -0.05) is 5.16 Å². The number of anilines is 1. The Bertz CT molecular complexity index is 742. The van der Waals surface area contributed by atoms with Crippen molar-refractivity contribution in [3.8, 4) is 0 Å². The zero-order valence-electron chi connectivity index (χ0n) is 11.6. The molecule has 0 unspecified atom stereocenters. The molecule has 0 saturated carbocycles. The summed E-state index contributed by atoms with van der Waals surface area (Å²) in [6.07, 6.45) is 1.35. The van der Waals surface area contributed by atoms with Crippen LogP contribution in [0.4, 0.5) is 10.2 Å². The molecule has 1 aromatic carbocycles. The molecule has 112 valence electrons. The van der Waals surface area contributed by atoms with Gasteiger partial charge >= 0.3 is 0 Å². The lowest BCUT2D eigenvalue weighted by Crippen LogP contribution is -2.17. The highest BCUT2D eigenvalue weighted by Crippen LogP contribution is 2.12. The number of nitrogens with zero attached hydrogens (tertiary/aromatic N) is 2. The third-order valence-electron chi connectivity index (χ3n) is 2.76. The fourth-order valence-corrected chi connectivity index (χ4v) is 1.80. The molecular formula is C15H12FN3O3. The SMILES string of the molecule is CC(=O)Nc1cc(C(=O)/C(=N\O)c2ccc(F)cc2)ccn1. The maximum Gasteiger partial charge on any atom is 0.222 e. The van der Waals surface area contributed by atoms with Gasteiger partial charge in [-0.05, 0) is 36.4 Å². The average Bonchev–Trinajstić information content (AvgIpc) is 2.49. The summed E-state index contributed by atoms with van der Waals surface area (Å²) in [5, 5.41) is 14.5. The third-order valence-corrected chi connectivity index (χ3v) is 2.76. The zero-order valence-corrected chi connectivity index (χ0v) is 11.6. The number of halogens is 1. The summed E-state index contributed by atoms with van der Waals surface area (Å²) >= 11 is 0. The van der Waals surface area contributed by atoms with Gasteiger partial charge in [-0.25, -0.2) is 9.37 Å². The van der Waals surface area contributed by atoms with Crippen LogP contribution in [0.3, 0.4) is 0 Å². The number of ketones is 1. The van der Waals surface area contributed by atoms with Crippen molar-refractivity contribution in [3.05, 3.63) is 59.5 Å². The number of carbonyl (C=O) groups excluding carboxylic acids is 2. The molecule has 7 heteroatoms. The third kappa shape index (κ3) is 3.51. The maximum atomic E-state index is 12.9. The molecule has 0 bridgehead atoms. The summed E-state index contributed by atoms with van der Waals surface area (Å²) in [5.74, 6) is -1.17. The Morgan fingerprint density at radius 2 is 1.86 bits per heavy atom. The zero-order chi connectivity index (χ0) is 16.1. The predicted octanol–water partition coefficient (Wildman–Crippen LogP) is 2.24. The minimum atomic E-state index is -0.580. The Labute approximate surface area is 125 Å². The first-order valence-electron chi connectivity index (χ1n) is 6.27. The summed E-state index contributed by atoms with van der Waals surface area (Å²) < 4.78 is 12.9. The van der Waals surface area contributed by atoms with Crippen LogP contribution in [-0.2, 0) is 4.79 Å². The van der Waals surface area contributed by atoms with E-state index in [-0.39, 0.29) is 28.6 Å². The molecule has 2 N–H and O–H groups in total. The lowest BCUT2D eigenvalue weighted by atomic mass is 10.0. The summed E-state index contributed by atoms with van der Waals surface area (Å²) in [6.45, 7) is 1.31. The van der Waals surface area contributed by atoms with Gasteiger partial charge in [-0.15, -0.1) is 0 Å². The fourth-order valence-electron chi connectivity index (χ4n) is 1.80. The molecule has 0 saturated heterocycles. The van der Waals surface area contributed by atoms with Crippen molar-refractivity contribution in [2.75, 3.05) is 5.32 Å². The average molecular weight is 301 g/mol. The van der Waals surface area contributed by atoms with E-state index in [0.29, 0.717) is 0 Å². The van der Waals surface area contributed by atoms with Gasteiger partial charge in [0.15, 0.2) is 5.71 Å². The quantitative estimate of drug-likeness (QED) is 0.392. The Morgan fingerprint density at radius 3 is 2.45 bits per heavy atom. The van der Waals surface area contributed by atoms with Crippen LogP contribution in [0.1, 0.15) is 22.8 Å². The molecule has 1 amide bonds. The molecule has 0 atom stereocenters. The van der Waals surface area contributed by atoms with E-state index in [9.17, 15) is 14.0 Å². The molecule has 0 aliphatic rings. The Morgan fingerprint density at radius 1 is 1.18 bits per heavy atom. The van der Waals surface area contributed by atoms with Gasteiger partial charge in [-0.3, -0.25) is 9.59 Å². The van der Waals surface area contributed by atoms with Crippen molar-refractivity contribution in [1.29, 1.82) is 0 Å². The van der Waals surface area contributed by atoms with Crippen LogP contribution in [0.5, 0.6) is 0 Å². The van der Waals surface area contributed by atoms with Crippen LogP contribution in [0, 0.1) is 5.82 Å². The van der Waals surface area contributed by atoms with Crippen LogP contribution in [-0.4, -0.2) is 27.6 Å². The Balaban J connectivity index is 2.33. The van der Waals surface area contributed by atoms with Crippen LogP contribution in [0.25, 0.3) is 0 Å². The topological polar surface area (TPSA) is 91.7 Å². The van der Waals surface area contributed by atoms with E-state index in [4.69, 9.17) is 5.21 Å². The molecular weight excluding hydrogens is 289 g/mol. The second-order valence-corrected chi connectivity index (χ2v) is 4.40. The van der Waals surface area contributed by atoms with Gasteiger partial charge in [0.05, 0.1) is 0 Å². The van der Waals surface area contributed by atoms with Gasteiger partial charge < -0.3 is 10.5 Å². The molecule has 0 fully saturated rings. The second kappa shape index (κ2) is 6.57. The van der Waals surface area contributed by atoms with Crippen molar-refractivity contribution in [2.24, 2.45) is 5.16 Å². The van der Waals surface area contributed by atoms with Gasteiger partial charge in [-0.2, -0.15) is 0 Å². The van der Waals surface area contributed by atoms with Crippen LogP contribution in [0.15, 0.2) is 47.8 Å². The lowest BCUT2D eigenvalue weighted by Gasteiger charge is -2.06. The number of Topliss-reactive ketones (excluding diaryl/α,β-unsaturated/α-hetero) is 1. The highest BCUT2D eigenvalue weighted by molar-refractivity contribution is 6.51. The van der Waals surface area contributed by atoms with Crippen LogP contribution >= 0.6 is 0 Å². The van der Waals surface area contributed by atoms with Crippen LogP contribution in [0.2, 0.25) is 0 Å². The maximum absolute atomic E-state index is 12.9. The Kier molecular flexibility index (Phi) is 4.57. The van der Waals surface area contributed by atoms with Crippen molar-refractivity contribution in [1.82, 2.24) is 4.98 Å². The minimum absolute atomic E-state index is 0.177. The first kappa shape index (κ1) is 15.3. The van der Waals surface area contributed by atoms with E-state index in [0.717, 1.165) is 12.1 Å². The van der Waals surface area contributed by atoms with E-state index in [2.05, 4.69) is 15.5 Å². The van der Waals surface area contributed by atoms with Gasteiger partial charge in [0.1, 0.15) is 11.6 Å². The minimum Gasteiger partial charge on any atom is -0.410 e. The number of hydrogen-bond donors (Lipinski definition) is 2. The van der Waals surface area contributed by atoms with E-state index >= 15 is 0 Å². The summed E-state index contributed by atoms with van der Waals surface area (Å²) in [7, 11) is 0. The standard InChI is InChI=1S/C15H12FN3O3/c1-9(20)18-13-8-11(6-7-17-13)15(21)14(19-22)10-2-4-12(16)5-3-10/h2-8,22H,1H3,(H,17,18,20)/b19-14-. The highest BCUT2D eigenvalue weighted by atomic mass is 19.1. The molecule has 1 aromatic heterocycles. The Hall–Kier alpha value is -3.09. The monoisotopic (exact) mass is 301 g/mol. The number of nitrogens with one attached hydrogen (secondary N) is 1. The number of rotatable bonds is 4. The van der Waals surface area contributed by atoms with E-state index < -0.39 is 11.6 Å². The van der Waals surface area contributed by atoms with Crippen molar-refractivity contribution < 1.29 is 19.2 Å². The summed E-state index contributed by atoms with van der Waals surface area (Å²) in [5.41, 5.74) is 0.211. The number of oxime groups is 1. The summed E-state index contributed by atoms with van der Waals surface area (Å²) in [4.78, 5) is 27.3. The molecule has 22 heavy (non-hydrogen) atoms. The van der Waals surface area contributed by atoms with E-state index in [1.807, 2.05) is 0 Å². The number of carbonyl (C=O) groups is 2. The molecule has 2 rings (SSSR count). The number of pyridine rings is 1. The van der Waals surface area contributed by atoms with Crippen molar-refractivity contribution >= 4 is 23.2 Å². The molecule has 1 heterocycles. The highest BCUT2D eigenvalue weighted by Gasteiger charge is 2.18. The van der Waals surface area contributed by atoms with E-state index in [1.165, 1.54) is 37.4 Å². The number of hydrogen-bond acceptors (Lipinski definition) is 5. The molecule has 2 aromatic rings. The lowest BCUT2D eigenvalue weighted by molar-refractivity contribution is -0.114. The number of aromatic nitrogens is 1. The number of benzene rings is 1. The van der Waals surface area contributed by atoms with Crippen LogP contribution < -0.4 is 5.32 Å². The van der Waals surface area contributed by atoms with Gasteiger partial charge in [0, 0.05) is 24.2 Å². The van der Waals surface area contributed by atoms with Gasteiger partial charge in [0.25, 0.3) is 0 Å². The van der Waals surface area contributed by atoms with E-state index in [1.54, 1.807) is 0 Å². The first-order valence-corrected chi connectivity index (χ1v) is 6.27. The molecule has 0 radical (unpaired) electrons. The number of amides is 1. The van der Waals surface area contributed by atoms with Crippen molar-refractivity contribution in [3.63, 3.8) is 0 Å². The predicted molar refractivity (Wildman–Crippen MR) is 77.6 cm³/mol. The molecule has 0 spiro atoms. The van der Waals surface area contributed by atoms with Crippen molar-refractivity contribution in [2.45, 2.75) is 6.92 Å².